The number of pyridine rings is 3. The minimum atomic E-state index is 0.0997. The van der Waals surface area contributed by atoms with Crippen molar-refractivity contribution in [2.45, 2.75) is 51.5 Å². The lowest BCUT2D eigenvalue weighted by molar-refractivity contribution is 0.236. The number of anilines is 1. The van der Waals surface area contributed by atoms with Gasteiger partial charge in [0.05, 0.1) is 11.7 Å². The van der Waals surface area contributed by atoms with E-state index in [4.69, 9.17) is 9.97 Å². The van der Waals surface area contributed by atoms with Crippen LogP contribution in [0.5, 0.6) is 0 Å². The topological polar surface area (TPSA) is 104 Å². The van der Waals surface area contributed by atoms with Gasteiger partial charge in [0.25, 0.3) is 0 Å². The molecule has 1 atom stereocenters. The van der Waals surface area contributed by atoms with Gasteiger partial charge in [0.2, 0.25) is 0 Å². The Labute approximate surface area is 221 Å². The molecule has 1 aliphatic carbocycles. The minimum absolute atomic E-state index is 0.0997. The second-order valence-electron chi connectivity index (χ2n) is 11.3. The molecule has 1 aliphatic heterocycles. The standard InChI is InChI=1S/C30H32N8/c1-30(2)17-32-11-9-25(30)37-29-26-22(18-5-3-6-18)15-33-16-24(26)36-28(38-29)20-8-12-34-27-21(20)13-23(35-27)19-7-4-10-31-14-19/h4,7-8,10,12-16,18,25,32H,3,5-6,9,11,17H2,1-2H3,(H,34,35)(H,36,37,38). The van der Waals surface area contributed by atoms with Gasteiger partial charge >= 0.3 is 0 Å². The van der Waals surface area contributed by atoms with Crippen molar-refractivity contribution in [3.05, 3.63) is 60.8 Å². The fourth-order valence-corrected chi connectivity index (χ4v) is 5.87. The van der Waals surface area contributed by atoms with Gasteiger partial charge < -0.3 is 15.6 Å². The Bertz CT molecular complexity index is 1620. The summed E-state index contributed by atoms with van der Waals surface area (Å²) in [7, 11) is 0. The number of aromatic nitrogens is 6. The zero-order valence-corrected chi connectivity index (χ0v) is 21.8. The highest BCUT2D eigenvalue weighted by molar-refractivity contribution is 5.98. The molecule has 5 aromatic heterocycles. The van der Waals surface area contributed by atoms with Gasteiger partial charge in [0.1, 0.15) is 11.5 Å². The number of hydrogen-bond donors (Lipinski definition) is 3. The molecule has 6 heterocycles. The zero-order chi connectivity index (χ0) is 25.7. The number of nitrogens with zero attached hydrogens (tertiary/aromatic N) is 5. The second-order valence-corrected chi connectivity index (χ2v) is 11.3. The average molecular weight is 505 g/mol. The third-order valence-electron chi connectivity index (χ3n) is 8.37. The number of rotatable bonds is 5. The number of aromatic amines is 1. The largest absolute Gasteiger partial charge is 0.366 e. The van der Waals surface area contributed by atoms with Crippen molar-refractivity contribution in [1.29, 1.82) is 0 Å². The normalized spacial score (nSPS) is 19.5. The lowest BCUT2D eigenvalue weighted by atomic mass is 9.78. The fraction of sp³-hybridized carbons (Fsp3) is 0.367. The van der Waals surface area contributed by atoms with Crippen LogP contribution in [0.25, 0.3) is 44.6 Å². The zero-order valence-electron chi connectivity index (χ0n) is 21.8. The van der Waals surface area contributed by atoms with Crippen LogP contribution in [-0.2, 0) is 0 Å². The van der Waals surface area contributed by atoms with Crippen molar-refractivity contribution in [3.63, 3.8) is 0 Å². The first-order valence-corrected chi connectivity index (χ1v) is 13.6. The maximum atomic E-state index is 5.24. The molecule has 1 unspecified atom stereocenters. The van der Waals surface area contributed by atoms with E-state index in [2.05, 4.69) is 50.5 Å². The number of H-pyrrole nitrogens is 1. The molecule has 0 spiro atoms. The van der Waals surface area contributed by atoms with Gasteiger partial charge in [-0.3, -0.25) is 9.97 Å². The molecule has 5 aromatic rings. The van der Waals surface area contributed by atoms with Crippen molar-refractivity contribution in [1.82, 2.24) is 35.2 Å². The van der Waals surface area contributed by atoms with Gasteiger partial charge in [0, 0.05) is 65.0 Å². The summed E-state index contributed by atoms with van der Waals surface area (Å²) in [6.45, 7) is 6.62. The van der Waals surface area contributed by atoms with Crippen molar-refractivity contribution < 1.29 is 0 Å². The van der Waals surface area contributed by atoms with E-state index in [9.17, 15) is 0 Å². The fourth-order valence-electron chi connectivity index (χ4n) is 5.87. The minimum Gasteiger partial charge on any atom is -0.366 e. The summed E-state index contributed by atoms with van der Waals surface area (Å²) in [5, 5.41) is 9.56. The Kier molecular flexibility index (Phi) is 5.58. The summed E-state index contributed by atoms with van der Waals surface area (Å²) < 4.78 is 0. The molecular weight excluding hydrogens is 472 g/mol. The Morgan fingerprint density at radius 1 is 1.00 bits per heavy atom. The molecule has 3 N–H and O–H groups in total. The van der Waals surface area contributed by atoms with Crippen LogP contribution in [-0.4, -0.2) is 49.0 Å². The van der Waals surface area contributed by atoms with Gasteiger partial charge in [-0.15, -0.1) is 0 Å². The summed E-state index contributed by atoms with van der Waals surface area (Å²) in [5.41, 5.74) is 6.00. The van der Waals surface area contributed by atoms with E-state index in [1.165, 1.54) is 24.8 Å². The van der Waals surface area contributed by atoms with E-state index in [1.54, 1.807) is 6.20 Å². The predicted molar refractivity (Wildman–Crippen MR) is 151 cm³/mol. The maximum absolute atomic E-state index is 5.24. The lowest BCUT2D eigenvalue weighted by Crippen LogP contribution is -2.49. The van der Waals surface area contributed by atoms with Gasteiger partial charge in [-0.25, -0.2) is 15.0 Å². The maximum Gasteiger partial charge on any atom is 0.163 e. The van der Waals surface area contributed by atoms with Crippen LogP contribution in [0.4, 0.5) is 5.82 Å². The average Bonchev–Trinajstić information content (AvgIpc) is 3.34. The first-order chi connectivity index (χ1) is 18.6. The molecule has 8 nitrogen and oxygen atoms in total. The Morgan fingerprint density at radius 3 is 2.71 bits per heavy atom. The van der Waals surface area contributed by atoms with E-state index < -0.39 is 0 Å². The molecule has 192 valence electrons. The van der Waals surface area contributed by atoms with Crippen LogP contribution in [0, 0.1) is 5.41 Å². The van der Waals surface area contributed by atoms with Crippen LogP contribution < -0.4 is 10.6 Å². The molecule has 0 bridgehead atoms. The van der Waals surface area contributed by atoms with Gasteiger partial charge in [-0.1, -0.05) is 20.3 Å². The van der Waals surface area contributed by atoms with Crippen molar-refractivity contribution >= 4 is 27.8 Å². The molecule has 1 saturated carbocycles. The van der Waals surface area contributed by atoms with Crippen molar-refractivity contribution in [2.75, 3.05) is 18.4 Å². The Hall–Kier alpha value is -3.91. The van der Waals surface area contributed by atoms with Crippen LogP contribution in [0.2, 0.25) is 0 Å². The monoisotopic (exact) mass is 504 g/mol. The number of fused-ring (bicyclic) bond motifs is 2. The van der Waals surface area contributed by atoms with Crippen molar-refractivity contribution in [2.24, 2.45) is 5.41 Å². The third kappa shape index (κ3) is 4.00. The quantitative estimate of drug-likeness (QED) is 0.282. The smallest absolute Gasteiger partial charge is 0.163 e. The molecule has 7 rings (SSSR count). The highest BCUT2D eigenvalue weighted by Crippen LogP contribution is 2.42. The molecule has 0 radical (unpaired) electrons. The van der Waals surface area contributed by atoms with E-state index >= 15 is 0 Å². The molecule has 0 amide bonds. The highest BCUT2D eigenvalue weighted by Gasteiger charge is 2.33. The number of nitrogens with one attached hydrogen (secondary N) is 3. The van der Waals surface area contributed by atoms with E-state index in [0.717, 1.165) is 64.1 Å². The molecular formula is C30H32N8. The highest BCUT2D eigenvalue weighted by atomic mass is 15.1. The molecule has 8 heteroatoms. The van der Waals surface area contributed by atoms with Crippen LogP contribution in [0.15, 0.2) is 55.2 Å². The van der Waals surface area contributed by atoms with Crippen LogP contribution in [0.3, 0.4) is 0 Å². The first-order valence-electron chi connectivity index (χ1n) is 13.6. The molecule has 2 aliphatic rings. The van der Waals surface area contributed by atoms with Crippen molar-refractivity contribution in [3.8, 4) is 22.6 Å². The number of piperidine rings is 1. The molecule has 0 aromatic carbocycles. The summed E-state index contributed by atoms with van der Waals surface area (Å²) in [6.07, 6.45) is 14.1. The summed E-state index contributed by atoms with van der Waals surface area (Å²) in [5.74, 6) is 2.13. The van der Waals surface area contributed by atoms with Crippen LogP contribution >= 0.6 is 0 Å². The predicted octanol–water partition coefficient (Wildman–Crippen LogP) is 5.70. The third-order valence-corrected chi connectivity index (χ3v) is 8.37. The van der Waals surface area contributed by atoms with Crippen LogP contribution in [0.1, 0.15) is 51.0 Å². The summed E-state index contributed by atoms with van der Waals surface area (Å²) in [4.78, 5) is 27.3. The first kappa shape index (κ1) is 23.2. The van der Waals surface area contributed by atoms with E-state index in [0.29, 0.717) is 17.8 Å². The van der Waals surface area contributed by atoms with Gasteiger partial charge in [-0.05, 0) is 67.0 Å². The summed E-state index contributed by atoms with van der Waals surface area (Å²) >= 11 is 0. The Morgan fingerprint density at radius 2 is 1.92 bits per heavy atom. The number of hydrogen-bond acceptors (Lipinski definition) is 7. The SMILES string of the molecule is CC1(C)CNCCC1Nc1nc(-c2ccnc3[nH]c(-c4cccnc4)cc23)nc2cncc(C3CCC3)c12. The molecule has 2 fully saturated rings. The van der Waals surface area contributed by atoms with E-state index in [-0.39, 0.29) is 5.41 Å². The summed E-state index contributed by atoms with van der Waals surface area (Å²) in [6, 6.07) is 8.41. The Balaban J connectivity index is 1.40. The van der Waals surface area contributed by atoms with Gasteiger partial charge in [0.15, 0.2) is 5.82 Å². The molecule has 38 heavy (non-hydrogen) atoms. The van der Waals surface area contributed by atoms with Gasteiger partial charge in [-0.2, -0.15) is 0 Å². The lowest BCUT2D eigenvalue weighted by Gasteiger charge is -2.40. The van der Waals surface area contributed by atoms with E-state index in [1.807, 2.05) is 43.0 Å². The molecule has 1 saturated heterocycles. The second kappa shape index (κ2) is 9.13.